The van der Waals surface area contributed by atoms with Crippen LogP contribution in [0, 0.1) is 0 Å². The summed E-state index contributed by atoms with van der Waals surface area (Å²) in [5.74, 6) is 0.904. The van der Waals surface area contributed by atoms with Crippen LogP contribution in [-0.2, 0) is 13.1 Å². The highest BCUT2D eigenvalue weighted by Crippen LogP contribution is 2.25. The molecule has 1 aromatic heterocycles. The van der Waals surface area contributed by atoms with Crippen molar-refractivity contribution < 1.29 is 9.84 Å². The van der Waals surface area contributed by atoms with Gasteiger partial charge in [-0.15, -0.1) is 0 Å². The molecule has 5 heteroatoms. The molecule has 0 unspecified atom stereocenters. The maximum absolute atomic E-state index is 9.80. The molecule has 130 valence electrons. The number of ether oxygens (including phenoxy) is 1. The summed E-state index contributed by atoms with van der Waals surface area (Å²) < 4.78 is 7.47. The van der Waals surface area contributed by atoms with Crippen LogP contribution in [-0.4, -0.2) is 45.4 Å². The lowest BCUT2D eigenvalue weighted by Gasteiger charge is -2.36. The molecule has 24 heavy (non-hydrogen) atoms. The van der Waals surface area contributed by atoms with Crippen molar-refractivity contribution in [1.29, 1.82) is 0 Å². The second-order valence-electron chi connectivity index (χ2n) is 6.58. The Kier molecular flexibility index (Phi) is 5.88. The Hall–Kier alpha value is -1.85. The van der Waals surface area contributed by atoms with E-state index in [1.807, 2.05) is 30.9 Å². The second-order valence-corrected chi connectivity index (χ2v) is 6.58. The van der Waals surface area contributed by atoms with Gasteiger partial charge in [-0.25, -0.2) is 4.98 Å². The molecule has 0 atom stereocenters. The zero-order chi connectivity index (χ0) is 16.8. The van der Waals surface area contributed by atoms with Gasteiger partial charge in [0, 0.05) is 38.1 Å². The molecule has 1 aromatic carbocycles. The molecule has 0 spiro atoms. The lowest BCUT2D eigenvalue weighted by atomic mass is 9.91. The van der Waals surface area contributed by atoms with Crippen molar-refractivity contribution in [3.63, 3.8) is 0 Å². The fraction of sp³-hybridized carbons (Fsp3) is 0.526. The van der Waals surface area contributed by atoms with Crippen LogP contribution in [0.4, 0.5) is 0 Å². The lowest BCUT2D eigenvalue weighted by Crippen LogP contribution is -2.40. The van der Waals surface area contributed by atoms with Crippen LogP contribution in [0.15, 0.2) is 43.0 Å². The third-order valence-corrected chi connectivity index (χ3v) is 4.91. The van der Waals surface area contributed by atoms with E-state index in [9.17, 15) is 5.11 Å². The minimum Gasteiger partial charge on any atom is -0.497 e. The van der Waals surface area contributed by atoms with E-state index in [1.165, 1.54) is 5.56 Å². The highest BCUT2D eigenvalue weighted by Gasteiger charge is 2.24. The van der Waals surface area contributed by atoms with Crippen molar-refractivity contribution in [2.45, 2.75) is 50.9 Å². The number of methoxy groups -OCH3 is 1. The zero-order valence-corrected chi connectivity index (χ0v) is 14.3. The van der Waals surface area contributed by atoms with Crippen LogP contribution in [0.3, 0.4) is 0 Å². The largest absolute Gasteiger partial charge is 0.497 e. The van der Waals surface area contributed by atoms with E-state index in [1.54, 1.807) is 7.11 Å². The molecule has 0 aliphatic heterocycles. The molecule has 3 rings (SSSR count). The Balaban J connectivity index is 1.68. The third-order valence-electron chi connectivity index (χ3n) is 4.91. The maximum Gasteiger partial charge on any atom is 0.119 e. The van der Waals surface area contributed by atoms with Gasteiger partial charge in [0.05, 0.1) is 19.5 Å². The Morgan fingerprint density at radius 3 is 2.83 bits per heavy atom. The molecule has 2 aromatic rings. The van der Waals surface area contributed by atoms with Crippen LogP contribution in [0.5, 0.6) is 5.75 Å². The van der Waals surface area contributed by atoms with E-state index < -0.39 is 0 Å². The van der Waals surface area contributed by atoms with Gasteiger partial charge in [-0.1, -0.05) is 12.1 Å². The SMILES string of the molecule is COc1cccc(CN(CCn2ccnc2)C2CCC(O)CC2)c1. The van der Waals surface area contributed by atoms with Crippen molar-refractivity contribution in [2.24, 2.45) is 0 Å². The number of aliphatic hydroxyl groups excluding tert-OH is 1. The number of aromatic nitrogens is 2. The molecule has 1 heterocycles. The number of nitrogens with zero attached hydrogens (tertiary/aromatic N) is 3. The first-order valence-electron chi connectivity index (χ1n) is 8.75. The Morgan fingerprint density at radius 1 is 1.29 bits per heavy atom. The van der Waals surface area contributed by atoms with Crippen molar-refractivity contribution in [2.75, 3.05) is 13.7 Å². The fourth-order valence-electron chi connectivity index (χ4n) is 3.48. The molecule has 0 saturated heterocycles. The van der Waals surface area contributed by atoms with Crippen LogP contribution in [0.1, 0.15) is 31.2 Å². The number of rotatable bonds is 7. The van der Waals surface area contributed by atoms with Crippen molar-refractivity contribution in [3.05, 3.63) is 48.5 Å². The second kappa shape index (κ2) is 8.31. The van der Waals surface area contributed by atoms with Gasteiger partial charge in [0.1, 0.15) is 5.75 Å². The van der Waals surface area contributed by atoms with Gasteiger partial charge >= 0.3 is 0 Å². The standard InChI is InChI=1S/C19H27N3O2/c1-24-19-4-2-3-16(13-19)14-22(12-11-21-10-9-20-15-21)17-5-7-18(23)8-6-17/h2-4,9-10,13,15,17-18,23H,5-8,11-12,14H2,1H3. The summed E-state index contributed by atoms with van der Waals surface area (Å²) in [7, 11) is 1.71. The number of hydrogen-bond donors (Lipinski definition) is 1. The van der Waals surface area contributed by atoms with Gasteiger partial charge in [-0.3, -0.25) is 4.90 Å². The average Bonchev–Trinajstić information content (AvgIpc) is 3.13. The number of imidazole rings is 1. The van der Waals surface area contributed by atoms with E-state index in [2.05, 4.69) is 26.6 Å². The summed E-state index contributed by atoms with van der Waals surface area (Å²) in [5.41, 5.74) is 1.27. The van der Waals surface area contributed by atoms with Gasteiger partial charge in [0.2, 0.25) is 0 Å². The molecule has 1 N–H and O–H groups in total. The van der Waals surface area contributed by atoms with E-state index in [0.717, 1.165) is 51.1 Å². The molecule has 5 nitrogen and oxygen atoms in total. The van der Waals surface area contributed by atoms with E-state index in [4.69, 9.17) is 4.74 Å². The lowest BCUT2D eigenvalue weighted by molar-refractivity contribution is 0.0684. The minimum absolute atomic E-state index is 0.117. The number of aliphatic hydroxyl groups is 1. The monoisotopic (exact) mass is 329 g/mol. The molecular formula is C19H27N3O2. The first-order chi connectivity index (χ1) is 11.7. The Morgan fingerprint density at radius 2 is 2.12 bits per heavy atom. The van der Waals surface area contributed by atoms with Crippen LogP contribution < -0.4 is 4.74 Å². The summed E-state index contributed by atoms with van der Waals surface area (Å²) >= 11 is 0. The van der Waals surface area contributed by atoms with Crippen LogP contribution >= 0.6 is 0 Å². The Labute approximate surface area is 143 Å². The predicted octanol–water partition coefficient (Wildman–Crippen LogP) is 2.70. The first kappa shape index (κ1) is 17.0. The average molecular weight is 329 g/mol. The topological polar surface area (TPSA) is 50.5 Å². The third kappa shape index (κ3) is 4.58. The van der Waals surface area contributed by atoms with Crippen LogP contribution in [0.25, 0.3) is 0 Å². The zero-order valence-electron chi connectivity index (χ0n) is 14.3. The summed E-state index contributed by atoms with van der Waals surface area (Å²) in [4.78, 5) is 6.67. The van der Waals surface area contributed by atoms with Gasteiger partial charge < -0.3 is 14.4 Å². The predicted molar refractivity (Wildman–Crippen MR) is 93.9 cm³/mol. The van der Waals surface area contributed by atoms with E-state index in [0.29, 0.717) is 6.04 Å². The van der Waals surface area contributed by atoms with Gasteiger partial charge in [0.25, 0.3) is 0 Å². The Bertz CT molecular complexity index is 607. The number of hydrogen-bond acceptors (Lipinski definition) is 4. The summed E-state index contributed by atoms with van der Waals surface area (Å²) in [6, 6.07) is 8.83. The molecule has 1 fully saturated rings. The summed E-state index contributed by atoms with van der Waals surface area (Å²) in [6.45, 7) is 2.82. The molecule has 0 bridgehead atoms. The van der Waals surface area contributed by atoms with E-state index in [-0.39, 0.29) is 6.10 Å². The van der Waals surface area contributed by atoms with Crippen LogP contribution in [0.2, 0.25) is 0 Å². The van der Waals surface area contributed by atoms with Crippen molar-refractivity contribution in [3.8, 4) is 5.75 Å². The first-order valence-corrected chi connectivity index (χ1v) is 8.75. The summed E-state index contributed by atoms with van der Waals surface area (Å²) in [5, 5.41) is 9.80. The molecular weight excluding hydrogens is 302 g/mol. The smallest absolute Gasteiger partial charge is 0.119 e. The maximum atomic E-state index is 9.80. The molecule has 1 aliphatic carbocycles. The molecule has 1 saturated carbocycles. The van der Waals surface area contributed by atoms with E-state index >= 15 is 0 Å². The molecule has 1 aliphatic rings. The van der Waals surface area contributed by atoms with Crippen molar-refractivity contribution in [1.82, 2.24) is 14.5 Å². The normalized spacial score (nSPS) is 21.1. The highest BCUT2D eigenvalue weighted by atomic mass is 16.5. The van der Waals surface area contributed by atoms with Gasteiger partial charge in [-0.05, 0) is 43.4 Å². The highest BCUT2D eigenvalue weighted by molar-refractivity contribution is 5.28. The van der Waals surface area contributed by atoms with Gasteiger partial charge in [-0.2, -0.15) is 0 Å². The molecule has 0 radical (unpaired) electrons. The quantitative estimate of drug-likeness (QED) is 0.848. The number of benzene rings is 1. The summed E-state index contributed by atoms with van der Waals surface area (Å²) in [6.07, 6.45) is 9.53. The molecule has 0 amide bonds. The minimum atomic E-state index is -0.117. The van der Waals surface area contributed by atoms with Gasteiger partial charge in [0.15, 0.2) is 0 Å². The van der Waals surface area contributed by atoms with Crippen molar-refractivity contribution >= 4 is 0 Å². The fourth-order valence-corrected chi connectivity index (χ4v) is 3.48.